The van der Waals surface area contributed by atoms with Crippen LogP contribution in [0.5, 0.6) is 0 Å². The molecular formula is C18H22ClN3O3. The van der Waals surface area contributed by atoms with Crippen molar-refractivity contribution in [1.29, 1.82) is 0 Å². The van der Waals surface area contributed by atoms with Crippen molar-refractivity contribution in [1.82, 2.24) is 9.78 Å². The van der Waals surface area contributed by atoms with E-state index in [-0.39, 0.29) is 22.8 Å². The SMILES string of the molecule is COCC1CN(c2cnn(Cc3ccccc3)c(=O)c2Cl)CC(C)O1. The third kappa shape index (κ3) is 4.21. The minimum atomic E-state index is -0.287. The van der Waals surface area contributed by atoms with E-state index >= 15 is 0 Å². The van der Waals surface area contributed by atoms with Crippen molar-refractivity contribution in [3.05, 3.63) is 57.5 Å². The van der Waals surface area contributed by atoms with Gasteiger partial charge in [0, 0.05) is 20.2 Å². The average Bonchev–Trinajstić information content (AvgIpc) is 2.60. The van der Waals surface area contributed by atoms with E-state index in [1.165, 1.54) is 4.68 Å². The number of nitrogens with zero attached hydrogens (tertiary/aromatic N) is 3. The topological polar surface area (TPSA) is 56.6 Å². The second kappa shape index (κ2) is 7.99. The second-order valence-corrected chi connectivity index (χ2v) is 6.60. The number of hydrogen-bond acceptors (Lipinski definition) is 5. The van der Waals surface area contributed by atoms with Crippen LogP contribution in [0.2, 0.25) is 5.02 Å². The number of benzene rings is 1. The predicted octanol–water partition coefficient (Wildman–Crippen LogP) is 2.19. The maximum absolute atomic E-state index is 12.6. The van der Waals surface area contributed by atoms with Crippen molar-refractivity contribution in [2.24, 2.45) is 0 Å². The molecule has 2 heterocycles. The van der Waals surface area contributed by atoms with Crippen molar-refractivity contribution in [3.8, 4) is 0 Å². The van der Waals surface area contributed by atoms with Gasteiger partial charge >= 0.3 is 0 Å². The van der Waals surface area contributed by atoms with Crippen LogP contribution in [0.3, 0.4) is 0 Å². The summed E-state index contributed by atoms with van der Waals surface area (Å²) >= 11 is 6.38. The number of rotatable bonds is 5. The number of ether oxygens (including phenoxy) is 2. The van der Waals surface area contributed by atoms with Crippen LogP contribution in [0.15, 0.2) is 41.3 Å². The summed E-state index contributed by atoms with van der Waals surface area (Å²) in [7, 11) is 1.65. The van der Waals surface area contributed by atoms with Gasteiger partial charge in [0.2, 0.25) is 0 Å². The molecule has 1 saturated heterocycles. The molecule has 0 radical (unpaired) electrons. The molecule has 1 aliphatic heterocycles. The normalized spacial score (nSPS) is 20.7. The third-order valence-corrected chi connectivity index (χ3v) is 4.52. The Kier molecular flexibility index (Phi) is 5.73. The standard InChI is InChI=1S/C18H22ClN3O3/c1-13-9-21(11-15(25-13)12-24-2)16-8-20-22(18(23)17(16)19)10-14-6-4-3-5-7-14/h3-8,13,15H,9-12H2,1-2H3. The van der Waals surface area contributed by atoms with E-state index in [4.69, 9.17) is 21.1 Å². The number of halogens is 1. The van der Waals surface area contributed by atoms with Gasteiger partial charge in [0.15, 0.2) is 0 Å². The van der Waals surface area contributed by atoms with Crippen LogP contribution in [0.1, 0.15) is 12.5 Å². The van der Waals surface area contributed by atoms with Crippen molar-refractivity contribution in [3.63, 3.8) is 0 Å². The molecule has 3 rings (SSSR count). The van der Waals surface area contributed by atoms with Gasteiger partial charge in [0.05, 0.1) is 37.2 Å². The van der Waals surface area contributed by atoms with Gasteiger partial charge in [0.1, 0.15) is 5.02 Å². The Morgan fingerprint density at radius 2 is 2.08 bits per heavy atom. The zero-order valence-corrected chi connectivity index (χ0v) is 15.1. The van der Waals surface area contributed by atoms with Crippen molar-refractivity contribution in [2.75, 3.05) is 31.7 Å². The lowest BCUT2D eigenvalue weighted by atomic mass is 10.2. The molecule has 1 fully saturated rings. The summed E-state index contributed by atoms with van der Waals surface area (Å²) < 4.78 is 12.4. The molecule has 1 aromatic carbocycles. The zero-order chi connectivity index (χ0) is 17.8. The average molecular weight is 364 g/mol. The lowest BCUT2D eigenvalue weighted by Crippen LogP contribution is -2.49. The Balaban J connectivity index is 1.83. The zero-order valence-electron chi connectivity index (χ0n) is 14.4. The Bertz CT molecular complexity index is 766. The smallest absolute Gasteiger partial charge is 0.287 e. The van der Waals surface area contributed by atoms with E-state index in [0.717, 1.165) is 5.56 Å². The molecule has 0 saturated carbocycles. The maximum Gasteiger partial charge on any atom is 0.287 e. The molecule has 2 atom stereocenters. The highest BCUT2D eigenvalue weighted by Crippen LogP contribution is 2.25. The maximum atomic E-state index is 12.6. The van der Waals surface area contributed by atoms with E-state index < -0.39 is 0 Å². The summed E-state index contributed by atoms with van der Waals surface area (Å²) in [6.07, 6.45) is 1.63. The van der Waals surface area contributed by atoms with Gasteiger partial charge < -0.3 is 14.4 Å². The molecule has 134 valence electrons. The van der Waals surface area contributed by atoms with Crippen LogP contribution in [0.25, 0.3) is 0 Å². The van der Waals surface area contributed by atoms with E-state index in [2.05, 4.69) is 5.10 Å². The van der Waals surface area contributed by atoms with Gasteiger partial charge in [-0.15, -0.1) is 0 Å². The summed E-state index contributed by atoms with van der Waals surface area (Å²) in [5.41, 5.74) is 1.36. The quantitative estimate of drug-likeness (QED) is 0.815. The summed E-state index contributed by atoms with van der Waals surface area (Å²) in [4.78, 5) is 14.7. The van der Waals surface area contributed by atoms with Crippen LogP contribution < -0.4 is 10.5 Å². The van der Waals surface area contributed by atoms with E-state index in [1.807, 2.05) is 42.2 Å². The summed E-state index contributed by atoms with van der Waals surface area (Å²) in [6, 6.07) is 9.71. The molecule has 7 heteroatoms. The van der Waals surface area contributed by atoms with Crippen molar-refractivity contribution in [2.45, 2.75) is 25.7 Å². The number of morpholine rings is 1. The number of anilines is 1. The molecule has 6 nitrogen and oxygen atoms in total. The summed E-state index contributed by atoms with van der Waals surface area (Å²) in [5.74, 6) is 0. The highest BCUT2D eigenvalue weighted by molar-refractivity contribution is 6.33. The molecule has 1 aromatic heterocycles. The van der Waals surface area contributed by atoms with Gasteiger partial charge in [-0.25, -0.2) is 4.68 Å². The summed E-state index contributed by atoms with van der Waals surface area (Å²) in [5, 5.41) is 4.50. The van der Waals surface area contributed by atoms with Crippen LogP contribution in [-0.4, -0.2) is 48.8 Å². The van der Waals surface area contributed by atoms with Crippen LogP contribution in [0, 0.1) is 0 Å². The molecule has 2 aromatic rings. The highest BCUT2D eigenvalue weighted by Gasteiger charge is 2.27. The van der Waals surface area contributed by atoms with Crippen LogP contribution >= 0.6 is 11.6 Å². The predicted molar refractivity (Wildman–Crippen MR) is 97.5 cm³/mol. The van der Waals surface area contributed by atoms with Crippen molar-refractivity contribution < 1.29 is 9.47 Å². The second-order valence-electron chi connectivity index (χ2n) is 6.22. The van der Waals surface area contributed by atoms with E-state index in [9.17, 15) is 4.79 Å². The molecule has 0 amide bonds. The lowest BCUT2D eigenvalue weighted by molar-refractivity contribution is -0.0511. The van der Waals surface area contributed by atoms with E-state index in [1.54, 1.807) is 13.3 Å². The monoisotopic (exact) mass is 363 g/mol. The molecule has 25 heavy (non-hydrogen) atoms. The molecule has 1 aliphatic rings. The fourth-order valence-corrected chi connectivity index (χ4v) is 3.33. The van der Waals surface area contributed by atoms with Gasteiger partial charge in [-0.2, -0.15) is 5.10 Å². The van der Waals surface area contributed by atoms with Crippen LogP contribution in [-0.2, 0) is 16.0 Å². The molecule has 0 N–H and O–H groups in total. The first kappa shape index (κ1) is 17.9. The fourth-order valence-electron chi connectivity index (χ4n) is 3.07. The van der Waals surface area contributed by atoms with Gasteiger partial charge in [-0.05, 0) is 12.5 Å². The molecule has 0 spiro atoms. The minimum Gasteiger partial charge on any atom is -0.382 e. The number of aromatic nitrogens is 2. The van der Waals surface area contributed by atoms with Gasteiger partial charge in [-0.3, -0.25) is 4.79 Å². The highest BCUT2D eigenvalue weighted by atomic mass is 35.5. The summed E-state index contributed by atoms with van der Waals surface area (Å²) in [6.45, 7) is 4.15. The Morgan fingerprint density at radius 3 is 2.80 bits per heavy atom. The van der Waals surface area contributed by atoms with Gasteiger partial charge in [-0.1, -0.05) is 41.9 Å². The van der Waals surface area contributed by atoms with Gasteiger partial charge in [0.25, 0.3) is 5.56 Å². The Morgan fingerprint density at radius 1 is 1.32 bits per heavy atom. The first-order chi connectivity index (χ1) is 12.1. The van der Waals surface area contributed by atoms with Crippen LogP contribution in [0.4, 0.5) is 5.69 Å². The molecule has 0 bridgehead atoms. The Labute approximate surface area is 151 Å². The first-order valence-electron chi connectivity index (χ1n) is 8.27. The lowest BCUT2D eigenvalue weighted by Gasteiger charge is -2.38. The Hall–Kier alpha value is -1.89. The number of methoxy groups -OCH3 is 1. The third-order valence-electron chi connectivity index (χ3n) is 4.16. The fraction of sp³-hybridized carbons (Fsp3) is 0.444. The molecule has 2 unspecified atom stereocenters. The van der Waals surface area contributed by atoms with Crippen molar-refractivity contribution >= 4 is 17.3 Å². The largest absolute Gasteiger partial charge is 0.382 e. The molecular weight excluding hydrogens is 342 g/mol. The minimum absolute atomic E-state index is 0.0247. The molecule has 0 aliphatic carbocycles. The first-order valence-corrected chi connectivity index (χ1v) is 8.65. The number of hydrogen-bond donors (Lipinski definition) is 0. The van der Waals surface area contributed by atoms with E-state index in [0.29, 0.717) is 31.9 Å².